The molecule has 1 unspecified atom stereocenters. The van der Waals surface area contributed by atoms with Gasteiger partial charge in [-0.3, -0.25) is 0 Å². The van der Waals surface area contributed by atoms with Crippen molar-refractivity contribution in [3.05, 3.63) is 125 Å². The molecule has 6 rings (SSSR count). The fourth-order valence-electron chi connectivity index (χ4n) is 6.27. The maximum atomic E-state index is 3.65. The molecule has 0 saturated heterocycles. The van der Waals surface area contributed by atoms with Gasteiger partial charge in [-0.15, -0.1) is 0 Å². The molecule has 1 heteroatoms. The molecule has 3 aliphatic rings. The Labute approximate surface area is 209 Å². The number of fused-ring (bicyclic) bond motifs is 2. The van der Waals surface area contributed by atoms with E-state index in [1.54, 1.807) is 5.57 Å². The van der Waals surface area contributed by atoms with Crippen LogP contribution in [0.4, 0.5) is 11.4 Å². The molecule has 0 spiro atoms. The first-order valence-electron chi connectivity index (χ1n) is 12.9. The van der Waals surface area contributed by atoms with E-state index in [0.717, 1.165) is 30.6 Å². The third-order valence-corrected chi connectivity index (χ3v) is 8.05. The molecule has 0 heterocycles. The van der Waals surface area contributed by atoms with E-state index in [1.807, 2.05) is 0 Å². The smallest absolute Gasteiger partial charge is 0.0387 e. The molecular weight excluding hydrogens is 422 g/mol. The Hall–Kier alpha value is -3.58. The molecule has 0 aromatic heterocycles. The zero-order chi connectivity index (χ0) is 24.0. The van der Waals surface area contributed by atoms with Crippen LogP contribution in [0, 0.1) is 5.92 Å². The quantitative estimate of drug-likeness (QED) is 0.413. The van der Waals surface area contributed by atoms with Crippen LogP contribution in [-0.4, -0.2) is 0 Å². The van der Waals surface area contributed by atoms with Crippen LogP contribution in [0.15, 0.2) is 103 Å². The van der Waals surface area contributed by atoms with Gasteiger partial charge in [0.2, 0.25) is 0 Å². The van der Waals surface area contributed by atoms with Gasteiger partial charge in [-0.2, -0.15) is 0 Å². The van der Waals surface area contributed by atoms with Crippen molar-refractivity contribution in [2.24, 2.45) is 5.92 Å². The number of rotatable bonds is 4. The summed E-state index contributed by atoms with van der Waals surface area (Å²) in [7, 11) is 0. The van der Waals surface area contributed by atoms with Crippen LogP contribution in [0.3, 0.4) is 0 Å². The van der Waals surface area contributed by atoms with Gasteiger partial charge in [0.15, 0.2) is 0 Å². The van der Waals surface area contributed by atoms with Crippen LogP contribution in [0.2, 0.25) is 0 Å². The molecule has 3 aliphatic carbocycles. The second-order valence-electron chi connectivity index (χ2n) is 10.7. The summed E-state index contributed by atoms with van der Waals surface area (Å²) in [5, 5.41) is 3.65. The average Bonchev–Trinajstić information content (AvgIpc) is 3.12. The molecule has 1 nitrogen and oxygen atoms in total. The molecule has 0 amide bonds. The lowest BCUT2D eigenvalue weighted by molar-refractivity contribution is 0.530. The molecule has 1 atom stereocenters. The van der Waals surface area contributed by atoms with Gasteiger partial charge >= 0.3 is 0 Å². The maximum absolute atomic E-state index is 3.65. The van der Waals surface area contributed by atoms with E-state index in [-0.39, 0.29) is 5.41 Å². The summed E-state index contributed by atoms with van der Waals surface area (Å²) in [6.45, 7) is 7.14. The summed E-state index contributed by atoms with van der Waals surface area (Å²) in [5.41, 5.74) is 13.7. The Kier molecular flexibility index (Phi) is 5.37. The number of nitrogens with one attached hydrogen (secondary N) is 1. The largest absolute Gasteiger partial charge is 0.356 e. The number of hydrogen-bond donors (Lipinski definition) is 1. The molecule has 0 saturated carbocycles. The molecule has 3 aromatic carbocycles. The fraction of sp³-hybridized carbons (Fsp3) is 0.235. The van der Waals surface area contributed by atoms with Gasteiger partial charge in [-0.1, -0.05) is 93.6 Å². The van der Waals surface area contributed by atoms with E-state index in [9.17, 15) is 0 Å². The standard InChI is InChI=1S/C34H33N/c1-23-8-7-11-31-30-21-20-29(22-32(30)34(2,3)33(23)31)35-28-18-16-27(17-19-28)26-14-12-25(13-15-26)24-9-5-4-6-10-24/h4-7,9-12,14,16-23,35H,8,13,15H2,1-3H3. The summed E-state index contributed by atoms with van der Waals surface area (Å²) >= 11 is 0. The first-order valence-corrected chi connectivity index (χ1v) is 12.9. The molecule has 0 bridgehead atoms. The van der Waals surface area contributed by atoms with E-state index in [0.29, 0.717) is 5.92 Å². The second-order valence-corrected chi connectivity index (χ2v) is 10.7. The minimum atomic E-state index is 0.0793. The van der Waals surface area contributed by atoms with Crippen LogP contribution in [0.25, 0.3) is 16.7 Å². The van der Waals surface area contributed by atoms with E-state index in [1.165, 1.54) is 39.0 Å². The molecule has 35 heavy (non-hydrogen) atoms. The topological polar surface area (TPSA) is 12.0 Å². The Balaban J connectivity index is 1.20. The van der Waals surface area contributed by atoms with Gasteiger partial charge in [-0.05, 0) is 94.0 Å². The second kappa shape index (κ2) is 8.57. The van der Waals surface area contributed by atoms with Crippen LogP contribution >= 0.6 is 0 Å². The Morgan fingerprint density at radius 1 is 0.771 bits per heavy atom. The molecule has 0 aliphatic heterocycles. The number of allylic oxidation sites excluding steroid dienone is 8. The number of hydrogen-bond acceptors (Lipinski definition) is 1. The van der Waals surface area contributed by atoms with Crippen LogP contribution in [-0.2, 0) is 5.41 Å². The first-order chi connectivity index (χ1) is 17.0. The average molecular weight is 456 g/mol. The summed E-state index contributed by atoms with van der Waals surface area (Å²) in [5.74, 6) is 0.606. The predicted octanol–water partition coefficient (Wildman–Crippen LogP) is 9.33. The lowest BCUT2D eigenvalue weighted by Crippen LogP contribution is -2.22. The first kappa shape index (κ1) is 21.9. The van der Waals surface area contributed by atoms with E-state index in [2.05, 4.69) is 123 Å². The van der Waals surface area contributed by atoms with Crippen molar-refractivity contribution >= 4 is 28.1 Å². The van der Waals surface area contributed by atoms with Crippen LogP contribution in [0.1, 0.15) is 62.3 Å². The zero-order valence-corrected chi connectivity index (χ0v) is 20.9. The summed E-state index contributed by atoms with van der Waals surface area (Å²) in [4.78, 5) is 0. The highest BCUT2D eigenvalue weighted by atomic mass is 14.9. The van der Waals surface area contributed by atoms with Gasteiger partial charge in [0.25, 0.3) is 0 Å². The van der Waals surface area contributed by atoms with E-state index in [4.69, 9.17) is 0 Å². The third kappa shape index (κ3) is 3.90. The third-order valence-electron chi connectivity index (χ3n) is 8.05. The Bertz CT molecular complexity index is 1390. The monoisotopic (exact) mass is 455 g/mol. The van der Waals surface area contributed by atoms with Crippen molar-refractivity contribution in [3.63, 3.8) is 0 Å². The Morgan fingerprint density at radius 3 is 2.11 bits per heavy atom. The SMILES string of the molecule is CC1CC=CC2=C1C(C)(C)c1cc(Nc3ccc(C4=CC=C(c5ccccc5)CC4)cc3)ccc12. The van der Waals surface area contributed by atoms with Crippen molar-refractivity contribution in [1.82, 2.24) is 0 Å². The van der Waals surface area contributed by atoms with Gasteiger partial charge in [-0.25, -0.2) is 0 Å². The fourth-order valence-corrected chi connectivity index (χ4v) is 6.27. The highest BCUT2D eigenvalue weighted by Crippen LogP contribution is 2.52. The highest BCUT2D eigenvalue weighted by molar-refractivity contribution is 5.88. The Morgan fingerprint density at radius 2 is 1.43 bits per heavy atom. The minimum absolute atomic E-state index is 0.0793. The van der Waals surface area contributed by atoms with Crippen molar-refractivity contribution in [3.8, 4) is 0 Å². The highest BCUT2D eigenvalue weighted by Gasteiger charge is 2.40. The zero-order valence-electron chi connectivity index (χ0n) is 20.9. The van der Waals surface area contributed by atoms with Crippen molar-refractivity contribution in [2.45, 2.75) is 45.4 Å². The molecular formula is C34H33N. The maximum Gasteiger partial charge on any atom is 0.0387 e. The number of benzene rings is 3. The van der Waals surface area contributed by atoms with Gasteiger partial charge in [0.05, 0.1) is 0 Å². The summed E-state index contributed by atoms with van der Waals surface area (Å²) < 4.78 is 0. The van der Waals surface area contributed by atoms with Crippen molar-refractivity contribution in [2.75, 3.05) is 5.32 Å². The number of anilines is 2. The van der Waals surface area contributed by atoms with Gasteiger partial charge in [0, 0.05) is 16.8 Å². The van der Waals surface area contributed by atoms with Gasteiger partial charge < -0.3 is 5.32 Å². The van der Waals surface area contributed by atoms with Crippen LogP contribution < -0.4 is 5.32 Å². The lowest BCUT2D eigenvalue weighted by Gasteiger charge is -2.30. The predicted molar refractivity (Wildman–Crippen MR) is 151 cm³/mol. The molecule has 1 N–H and O–H groups in total. The normalized spacial score (nSPS) is 20.1. The molecule has 0 fully saturated rings. The van der Waals surface area contributed by atoms with Crippen molar-refractivity contribution in [1.29, 1.82) is 0 Å². The summed E-state index contributed by atoms with van der Waals surface area (Å²) in [6, 6.07) is 26.5. The summed E-state index contributed by atoms with van der Waals surface area (Å²) in [6.07, 6.45) is 12.6. The van der Waals surface area contributed by atoms with Crippen molar-refractivity contribution < 1.29 is 0 Å². The van der Waals surface area contributed by atoms with E-state index >= 15 is 0 Å². The lowest BCUT2D eigenvalue weighted by atomic mass is 9.74. The minimum Gasteiger partial charge on any atom is -0.356 e. The molecule has 0 radical (unpaired) electrons. The van der Waals surface area contributed by atoms with Crippen LogP contribution in [0.5, 0.6) is 0 Å². The molecule has 3 aromatic rings. The van der Waals surface area contributed by atoms with E-state index < -0.39 is 0 Å². The molecule has 174 valence electrons. The van der Waals surface area contributed by atoms with Gasteiger partial charge in [0.1, 0.15) is 0 Å².